The first-order valence-corrected chi connectivity index (χ1v) is 13.1. The standard InChI is InChI=1S/C28H28N6O2S/c1-32-13-14-33(2)28(32)21-16-19(8-9-24(21)34(3)27(28)36)31-26(35)25-23(11-15-37-25)30-17-18-10-12-29-22-7-5-4-6-20(18)22/h4-12,15-16,30H,13-14,17H2,1-3H3,(H,31,35). The van der Waals surface area contributed by atoms with Gasteiger partial charge in [0.05, 0.1) is 16.9 Å². The molecule has 2 N–H and O–H groups in total. The van der Waals surface area contributed by atoms with Gasteiger partial charge < -0.3 is 15.5 Å². The van der Waals surface area contributed by atoms with Gasteiger partial charge in [0, 0.05) is 49.5 Å². The highest BCUT2D eigenvalue weighted by Gasteiger charge is 2.58. The molecule has 2 aromatic heterocycles. The number of pyridine rings is 1. The molecule has 6 rings (SSSR count). The van der Waals surface area contributed by atoms with Gasteiger partial charge in [0.1, 0.15) is 4.88 Å². The first kappa shape index (κ1) is 23.6. The summed E-state index contributed by atoms with van der Waals surface area (Å²) in [5.41, 5.74) is 4.44. The first-order chi connectivity index (χ1) is 17.9. The molecule has 2 amide bonds. The zero-order valence-electron chi connectivity index (χ0n) is 21.0. The molecule has 4 heterocycles. The van der Waals surface area contributed by atoms with Crippen molar-refractivity contribution >= 4 is 51.1 Å². The van der Waals surface area contributed by atoms with E-state index in [1.165, 1.54) is 11.3 Å². The number of aromatic nitrogens is 1. The van der Waals surface area contributed by atoms with Crippen molar-refractivity contribution in [2.24, 2.45) is 0 Å². The zero-order chi connectivity index (χ0) is 25.7. The molecule has 188 valence electrons. The normalized spacial score (nSPS) is 17.1. The summed E-state index contributed by atoms with van der Waals surface area (Å²) in [4.78, 5) is 37.7. The highest BCUT2D eigenvalue weighted by molar-refractivity contribution is 7.12. The van der Waals surface area contributed by atoms with E-state index in [1.807, 2.05) is 81.3 Å². The van der Waals surface area contributed by atoms with Crippen molar-refractivity contribution in [1.82, 2.24) is 14.8 Å². The molecule has 2 aliphatic rings. The number of thiophene rings is 1. The number of nitrogens with zero attached hydrogens (tertiary/aromatic N) is 4. The van der Waals surface area contributed by atoms with Gasteiger partial charge in [-0.25, -0.2) is 0 Å². The summed E-state index contributed by atoms with van der Waals surface area (Å²) in [6, 6.07) is 17.7. The van der Waals surface area contributed by atoms with Gasteiger partial charge >= 0.3 is 0 Å². The number of carbonyl (C=O) groups is 2. The van der Waals surface area contributed by atoms with E-state index in [0.29, 0.717) is 17.1 Å². The molecule has 9 heteroatoms. The van der Waals surface area contributed by atoms with Crippen molar-refractivity contribution in [2.45, 2.75) is 12.2 Å². The summed E-state index contributed by atoms with van der Waals surface area (Å²) >= 11 is 1.40. The van der Waals surface area contributed by atoms with Gasteiger partial charge in [-0.15, -0.1) is 11.3 Å². The van der Waals surface area contributed by atoms with E-state index in [-0.39, 0.29) is 11.8 Å². The third-order valence-electron chi connectivity index (χ3n) is 7.55. The van der Waals surface area contributed by atoms with Crippen LogP contribution in [0.1, 0.15) is 20.8 Å². The SMILES string of the molecule is CN1C(=O)C2(c3cc(NC(=O)c4sccc4NCc4ccnc5ccccc45)ccc31)N(C)CCN2C. The Morgan fingerprint density at radius 2 is 1.84 bits per heavy atom. The van der Waals surface area contributed by atoms with Crippen LogP contribution >= 0.6 is 11.3 Å². The van der Waals surface area contributed by atoms with Crippen LogP contribution in [0.3, 0.4) is 0 Å². The fourth-order valence-corrected chi connectivity index (χ4v) is 6.37. The van der Waals surface area contributed by atoms with Crippen molar-refractivity contribution in [3.05, 3.63) is 82.2 Å². The lowest BCUT2D eigenvalue weighted by Gasteiger charge is -2.36. The summed E-state index contributed by atoms with van der Waals surface area (Å²) in [5.74, 6) is -0.154. The van der Waals surface area contributed by atoms with Crippen LogP contribution in [0.2, 0.25) is 0 Å². The Morgan fingerprint density at radius 3 is 2.65 bits per heavy atom. The van der Waals surface area contributed by atoms with E-state index in [2.05, 4.69) is 31.5 Å². The molecule has 4 aromatic rings. The van der Waals surface area contributed by atoms with Crippen LogP contribution < -0.4 is 15.5 Å². The molecular weight excluding hydrogens is 484 g/mol. The van der Waals surface area contributed by atoms with Crippen LogP contribution in [0.15, 0.2) is 66.2 Å². The van der Waals surface area contributed by atoms with E-state index in [1.54, 1.807) is 4.90 Å². The lowest BCUT2D eigenvalue weighted by Crippen LogP contribution is -2.54. The monoisotopic (exact) mass is 512 g/mol. The van der Waals surface area contributed by atoms with Crippen molar-refractivity contribution in [1.29, 1.82) is 0 Å². The Labute approximate surface area is 219 Å². The minimum atomic E-state index is -0.840. The maximum Gasteiger partial charge on any atom is 0.267 e. The lowest BCUT2D eigenvalue weighted by molar-refractivity contribution is -0.134. The molecule has 8 nitrogen and oxygen atoms in total. The summed E-state index contributed by atoms with van der Waals surface area (Å²) in [6.07, 6.45) is 1.81. The van der Waals surface area contributed by atoms with E-state index >= 15 is 0 Å². The number of anilines is 3. The molecule has 2 aliphatic heterocycles. The molecule has 2 aromatic carbocycles. The predicted octanol–water partition coefficient (Wildman–Crippen LogP) is 4.17. The first-order valence-electron chi connectivity index (χ1n) is 12.2. The molecule has 0 unspecified atom stereocenters. The second kappa shape index (κ2) is 8.95. The Morgan fingerprint density at radius 1 is 1.05 bits per heavy atom. The smallest absolute Gasteiger partial charge is 0.267 e. The Kier molecular flexibility index (Phi) is 5.71. The molecule has 1 saturated heterocycles. The maximum absolute atomic E-state index is 13.4. The van der Waals surface area contributed by atoms with E-state index in [4.69, 9.17) is 0 Å². The van der Waals surface area contributed by atoms with E-state index in [0.717, 1.165) is 46.5 Å². The largest absolute Gasteiger partial charge is 0.380 e. The van der Waals surface area contributed by atoms with Gasteiger partial charge in [-0.1, -0.05) is 18.2 Å². The highest BCUT2D eigenvalue weighted by Crippen LogP contribution is 2.47. The van der Waals surface area contributed by atoms with Gasteiger partial charge in [0.15, 0.2) is 5.66 Å². The van der Waals surface area contributed by atoms with E-state index in [9.17, 15) is 9.59 Å². The molecule has 1 spiro atoms. The van der Waals surface area contributed by atoms with Crippen molar-refractivity contribution in [2.75, 3.05) is 49.8 Å². The van der Waals surface area contributed by atoms with Gasteiger partial charge in [-0.3, -0.25) is 24.4 Å². The number of carbonyl (C=O) groups excluding carboxylic acids is 2. The van der Waals surface area contributed by atoms with Gasteiger partial charge in [0.2, 0.25) is 0 Å². The molecule has 0 atom stereocenters. The lowest BCUT2D eigenvalue weighted by atomic mass is 9.98. The second-order valence-corrected chi connectivity index (χ2v) is 10.5. The number of nitrogens with one attached hydrogen (secondary N) is 2. The average molecular weight is 513 g/mol. The second-order valence-electron chi connectivity index (χ2n) is 9.57. The third kappa shape index (κ3) is 3.61. The van der Waals surface area contributed by atoms with Crippen molar-refractivity contribution < 1.29 is 9.59 Å². The molecular formula is C28H28N6O2S. The fourth-order valence-electron chi connectivity index (χ4n) is 5.61. The van der Waals surface area contributed by atoms with E-state index < -0.39 is 5.66 Å². The van der Waals surface area contributed by atoms with Crippen molar-refractivity contribution in [3.63, 3.8) is 0 Å². The number of amides is 2. The van der Waals surface area contributed by atoms with Crippen LogP contribution in [0.4, 0.5) is 17.1 Å². The summed E-state index contributed by atoms with van der Waals surface area (Å²) in [7, 11) is 5.76. The number of hydrogen-bond donors (Lipinski definition) is 2. The van der Waals surface area contributed by atoms with Crippen LogP contribution in [0.5, 0.6) is 0 Å². The van der Waals surface area contributed by atoms with Crippen LogP contribution in [0, 0.1) is 0 Å². The minimum Gasteiger partial charge on any atom is -0.380 e. The third-order valence-corrected chi connectivity index (χ3v) is 8.46. The number of hydrogen-bond acceptors (Lipinski definition) is 7. The Hall–Kier alpha value is -3.79. The number of rotatable bonds is 5. The van der Waals surface area contributed by atoms with Crippen LogP contribution in [-0.2, 0) is 17.0 Å². The molecule has 0 radical (unpaired) electrons. The van der Waals surface area contributed by atoms with Gasteiger partial charge in [-0.2, -0.15) is 0 Å². The highest BCUT2D eigenvalue weighted by atomic mass is 32.1. The Bertz CT molecular complexity index is 1520. The molecule has 0 saturated carbocycles. The van der Waals surface area contributed by atoms with Gasteiger partial charge in [-0.05, 0) is 61.4 Å². The minimum absolute atomic E-state index is 0.0295. The molecule has 0 aliphatic carbocycles. The number of para-hydroxylation sites is 1. The summed E-state index contributed by atoms with van der Waals surface area (Å²) < 4.78 is 0. The topological polar surface area (TPSA) is 80.8 Å². The summed E-state index contributed by atoms with van der Waals surface area (Å²) in [6.45, 7) is 2.17. The quantitative estimate of drug-likeness (QED) is 0.418. The molecule has 37 heavy (non-hydrogen) atoms. The molecule has 0 bridgehead atoms. The summed E-state index contributed by atoms with van der Waals surface area (Å²) in [5, 5.41) is 9.49. The number of fused-ring (bicyclic) bond motifs is 3. The maximum atomic E-state index is 13.4. The predicted molar refractivity (Wildman–Crippen MR) is 148 cm³/mol. The zero-order valence-corrected chi connectivity index (χ0v) is 21.8. The average Bonchev–Trinajstić information content (AvgIpc) is 3.56. The van der Waals surface area contributed by atoms with Crippen molar-refractivity contribution in [3.8, 4) is 0 Å². The number of benzene rings is 2. The number of likely N-dealkylation sites (N-methyl/N-ethyl adjacent to an activating group) is 3. The fraction of sp³-hybridized carbons (Fsp3) is 0.250. The Balaban J connectivity index is 1.24. The molecule has 1 fully saturated rings. The van der Waals surface area contributed by atoms with Crippen LogP contribution in [-0.4, -0.2) is 60.8 Å². The van der Waals surface area contributed by atoms with Gasteiger partial charge in [0.25, 0.3) is 11.8 Å². The van der Waals surface area contributed by atoms with Crippen LogP contribution in [0.25, 0.3) is 10.9 Å².